The van der Waals surface area contributed by atoms with E-state index in [9.17, 15) is 4.79 Å². The van der Waals surface area contributed by atoms with Crippen LogP contribution in [0.15, 0.2) is 28.7 Å². The summed E-state index contributed by atoms with van der Waals surface area (Å²) in [6, 6.07) is 5.32. The van der Waals surface area contributed by atoms with Crippen molar-refractivity contribution in [3.05, 3.63) is 35.7 Å². The quantitative estimate of drug-likeness (QED) is 0.659. The van der Waals surface area contributed by atoms with E-state index in [1.54, 1.807) is 18.2 Å². The van der Waals surface area contributed by atoms with Crippen LogP contribution in [0.5, 0.6) is 0 Å². The number of para-hydroxylation sites is 1. The summed E-state index contributed by atoms with van der Waals surface area (Å²) in [5.41, 5.74) is 1.89. The molecule has 2 aromatic rings. The first-order valence-electron chi connectivity index (χ1n) is 4.56. The average molecular weight is 238 g/mol. The van der Waals surface area contributed by atoms with Gasteiger partial charge < -0.3 is 9.52 Å². The van der Waals surface area contributed by atoms with Crippen LogP contribution in [0.2, 0.25) is 0 Å². The Morgan fingerprint density at radius 1 is 1.56 bits per heavy atom. The Kier molecular flexibility index (Phi) is 2.92. The number of benzene rings is 1. The molecule has 0 aliphatic carbocycles. The molecule has 1 aromatic carbocycles. The van der Waals surface area contributed by atoms with Gasteiger partial charge in [0.1, 0.15) is 5.52 Å². The number of carboxylic acid groups (broad SMARTS) is 1. The predicted octanol–water partition coefficient (Wildman–Crippen LogP) is 2.66. The van der Waals surface area contributed by atoms with Gasteiger partial charge in [0.05, 0.1) is 5.88 Å². The molecule has 1 N–H and O–H groups in total. The van der Waals surface area contributed by atoms with E-state index >= 15 is 0 Å². The zero-order valence-electron chi connectivity index (χ0n) is 8.18. The van der Waals surface area contributed by atoms with Crippen molar-refractivity contribution in [2.75, 3.05) is 0 Å². The van der Waals surface area contributed by atoms with Crippen molar-refractivity contribution in [2.24, 2.45) is 0 Å². The number of nitrogens with zero attached hydrogens (tertiary/aromatic N) is 1. The summed E-state index contributed by atoms with van der Waals surface area (Å²) in [6.45, 7) is 0. The monoisotopic (exact) mass is 237 g/mol. The molecule has 0 fully saturated rings. The molecule has 0 aliphatic heterocycles. The van der Waals surface area contributed by atoms with E-state index < -0.39 is 5.97 Å². The maximum Gasteiger partial charge on any atom is 0.328 e. The predicted molar refractivity (Wildman–Crippen MR) is 60.2 cm³/mol. The Labute approximate surface area is 96.2 Å². The number of carboxylic acids is 1. The number of carbonyl (C=O) groups is 1. The Bertz CT molecular complexity index is 559. The van der Waals surface area contributed by atoms with Crippen molar-refractivity contribution in [3.8, 4) is 0 Å². The molecule has 82 valence electrons. The Morgan fingerprint density at radius 3 is 3.06 bits per heavy atom. The van der Waals surface area contributed by atoms with Crippen LogP contribution in [-0.4, -0.2) is 16.1 Å². The number of alkyl halides is 1. The van der Waals surface area contributed by atoms with Gasteiger partial charge in [-0.3, -0.25) is 0 Å². The minimum Gasteiger partial charge on any atom is -0.478 e. The van der Waals surface area contributed by atoms with Gasteiger partial charge in [0.25, 0.3) is 0 Å². The van der Waals surface area contributed by atoms with Crippen molar-refractivity contribution >= 4 is 34.7 Å². The fourth-order valence-corrected chi connectivity index (χ4v) is 1.48. The molecule has 5 heteroatoms. The van der Waals surface area contributed by atoms with Crippen LogP contribution in [-0.2, 0) is 10.7 Å². The first-order chi connectivity index (χ1) is 7.70. The van der Waals surface area contributed by atoms with E-state index in [0.717, 1.165) is 6.08 Å². The van der Waals surface area contributed by atoms with Gasteiger partial charge in [-0.15, -0.1) is 11.6 Å². The fraction of sp³-hybridized carbons (Fsp3) is 0.0909. The van der Waals surface area contributed by atoms with Gasteiger partial charge in [-0.05, 0) is 12.1 Å². The topological polar surface area (TPSA) is 63.3 Å². The van der Waals surface area contributed by atoms with Gasteiger partial charge in [-0.2, -0.15) is 0 Å². The SMILES string of the molecule is O=C(O)/C=C/c1cccc2nc(CCl)oc12. The molecular weight excluding hydrogens is 230 g/mol. The molecule has 1 heterocycles. The van der Waals surface area contributed by atoms with Crippen molar-refractivity contribution < 1.29 is 14.3 Å². The van der Waals surface area contributed by atoms with Crippen LogP contribution in [0.4, 0.5) is 0 Å². The number of halogens is 1. The number of hydrogen-bond donors (Lipinski definition) is 1. The third-order valence-corrected chi connectivity index (χ3v) is 2.24. The second-order valence-corrected chi connectivity index (χ2v) is 3.38. The number of aliphatic carboxylic acids is 1. The lowest BCUT2D eigenvalue weighted by atomic mass is 10.2. The van der Waals surface area contributed by atoms with Crippen LogP contribution in [0.25, 0.3) is 17.2 Å². The van der Waals surface area contributed by atoms with Crippen molar-refractivity contribution in [3.63, 3.8) is 0 Å². The molecule has 0 aliphatic rings. The number of aromatic nitrogens is 1. The second-order valence-electron chi connectivity index (χ2n) is 3.11. The lowest BCUT2D eigenvalue weighted by molar-refractivity contribution is -0.131. The van der Waals surface area contributed by atoms with Crippen LogP contribution < -0.4 is 0 Å². The van der Waals surface area contributed by atoms with Gasteiger partial charge in [-0.1, -0.05) is 12.1 Å². The minimum absolute atomic E-state index is 0.191. The second kappa shape index (κ2) is 4.37. The Morgan fingerprint density at radius 2 is 2.38 bits per heavy atom. The molecule has 0 radical (unpaired) electrons. The van der Waals surface area contributed by atoms with Crippen LogP contribution >= 0.6 is 11.6 Å². The third kappa shape index (κ3) is 2.06. The average Bonchev–Trinajstić information content (AvgIpc) is 2.69. The number of fused-ring (bicyclic) bond motifs is 1. The standard InChI is InChI=1S/C11H8ClNO3/c12-6-9-13-8-3-1-2-7(11(8)16-9)4-5-10(14)15/h1-5H,6H2,(H,14,15)/b5-4+. The van der Waals surface area contributed by atoms with E-state index in [2.05, 4.69) is 4.98 Å². The summed E-state index contributed by atoms with van der Waals surface area (Å²) in [4.78, 5) is 14.6. The first kappa shape index (κ1) is 10.7. The van der Waals surface area contributed by atoms with Crippen molar-refractivity contribution in [1.29, 1.82) is 0 Å². The van der Waals surface area contributed by atoms with Crippen LogP contribution in [0.1, 0.15) is 11.5 Å². The van der Waals surface area contributed by atoms with E-state index in [1.165, 1.54) is 6.08 Å². The highest BCUT2D eigenvalue weighted by atomic mass is 35.5. The van der Waals surface area contributed by atoms with E-state index in [-0.39, 0.29) is 5.88 Å². The molecule has 0 bridgehead atoms. The third-order valence-electron chi connectivity index (χ3n) is 2.01. The molecule has 0 unspecified atom stereocenters. The zero-order valence-corrected chi connectivity index (χ0v) is 8.94. The Hall–Kier alpha value is -1.81. The minimum atomic E-state index is -1.01. The van der Waals surface area contributed by atoms with E-state index in [4.69, 9.17) is 21.1 Å². The van der Waals surface area contributed by atoms with Crippen molar-refractivity contribution in [1.82, 2.24) is 4.98 Å². The molecule has 4 nitrogen and oxygen atoms in total. The van der Waals surface area contributed by atoms with Gasteiger partial charge in [0.2, 0.25) is 5.89 Å². The van der Waals surface area contributed by atoms with Gasteiger partial charge in [-0.25, -0.2) is 9.78 Å². The molecule has 0 saturated heterocycles. The highest BCUT2D eigenvalue weighted by molar-refractivity contribution is 6.16. The summed E-state index contributed by atoms with van der Waals surface area (Å²) >= 11 is 5.61. The fourth-order valence-electron chi connectivity index (χ4n) is 1.37. The highest BCUT2D eigenvalue weighted by Crippen LogP contribution is 2.21. The highest BCUT2D eigenvalue weighted by Gasteiger charge is 2.07. The van der Waals surface area contributed by atoms with Crippen LogP contribution in [0, 0.1) is 0 Å². The van der Waals surface area contributed by atoms with E-state index in [0.29, 0.717) is 22.6 Å². The lowest BCUT2D eigenvalue weighted by Crippen LogP contribution is -1.85. The molecule has 0 saturated carbocycles. The number of rotatable bonds is 3. The lowest BCUT2D eigenvalue weighted by Gasteiger charge is -1.92. The van der Waals surface area contributed by atoms with Crippen LogP contribution in [0.3, 0.4) is 0 Å². The smallest absolute Gasteiger partial charge is 0.328 e. The Balaban J connectivity index is 2.52. The maximum atomic E-state index is 10.4. The summed E-state index contributed by atoms with van der Waals surface area (Å²) in [7, 11) is 0. The van der Waals surface area contributed by atoms with Gasteiger partial charge >= 0.3 is 5.97 Å². The first-order valence-corrected chi connectivity index (χ1v) is 5.09. The molecule has 1 aromatic heterocycles. The van der Waals surface area contributed by atoms with Crippen molar-refractivity contribution in [2.45, 2.75) is 5.88 Å². The molecule has 0 atom stereocenters. The van der Waals surface area contributed by atoms with Gasteiger partial charge in [0.15, 0.2) is 5.58 Å². The summed E-state index contributed by atoms with van der Waals surface area (Å²) in [5.74, 6) is -0.390. The summed E-state index contributed by atoms with van der Waals surface area (Å²) < 4.78 is 5.39. The van der Waals surface area contributed by atoms with Gasteiger partial charge in [0, 0.05) is 11.6 Å². The summed E-state index contributed by atoms with van der Waals surface area (Å²) in [5, 5.41) is 8.54. The number of hydrogen-bond acceptors (Lipinski definition) is 3. The molecule has 2 rings (SSSR count). The largest absolute Gasteiger partial charge is 0.478 e. The summed E-state index contributed by atoms with van der Waals surface area (Å²) in [6.07, 6.45) is 2.52. The molecule has 16 heavy (non-hydrogen) atoms. The maximum absolute atomic E-state index is 10.4. The zero-order chi connectivity index (χ0) is 11.5. The number of oxazole rings is 1. The molecular formula is C11H8ClNO3. The van der Waals surface area contributed by atoms with E-state index in [1.807, 2.05) is 0 Å². The molecule has 0 spiro atoms. The molecule has 0 amide bonds. The normalized spacial score (nSPS) is 11.3.